The molecule has 90 valence electrons. The quantitative estimate of drug-likeness (QED) is 0.639. The molecule has 0 atom stereocenters. The molecule has 0 bridgehead atoms. The third kappa shape index (κ3) is 2.70. The number of aromatic nitrogens is 1. The summed E-state index contributed by atoms with van der Waals surface area (Å²) in [6.45, 7) is 0. The number of nitrogen functional groups attached to an aromatic ring is 1. The van der Waals surface area contributed by atoms with Crippen LogP contribution >= 0.6 is 0 Å². The summed E-state index contributed by atoms with van der Waals surface area (Å²) in [5.74, 6) is -1.16. The maximum Gasteiger partial charge on any atom is 0.347 e. The maximum absolute atomic E-state index is 11.6. The Balaban J connectivity index is 2.08. The third-order valence-corrected chi connectivity index (χ3v) is 2.22. The molecule has 0 aliphatic rings. The zero-order valence-corrected chi connectivity index (χ0v) is 9.37. The summed E-state index contributed by atoms with van der Waals surface area (Å²) in [4.78, 5) is 27.0. The van der Waals surface area contributed by atoms with E-state index < -0.39 is 11.9 Å². The van der Waals surface area contributed by atoms with Gasteiger partial charge in [0.1, 0.15) is 5.82 Å². The Morgan fingerprint density at radius 3 is 2.22 bits per heavy atom. The van der Waals surface area contributed by atoms with Crippen LogP contribution in [0.15, 0.2) is 48.7 Å². The second-order valence-corrected chi connectivity index (χ2v) is 3.51. The van der Waals surface area contributed by atoms with E-state index in [0.717, 1.165) is 0 Å². The molecule has 2 N–H and O–H groups in total. The van der Waals surface area contributed by atoms with Crippen molar-refractivity contribution in [2.75, 3.05) is 5.73 Å². The lowest BCUT2D eigenvalue weighted by Crippen LogP contribution is -2.13. The number of carbonyl (C=O) groups is 2. The maximum atomic E-state index is 11.6. The van der Waals surface area contributed by atoms with E-state index in [1.54, 1.807) is 30.3 Å². The van der Waals surface area contributed by atoms with E-state index >= 15 is 0 Å². The zero-order chi connectivity index (χ0) is 13.0. The van der Waals surface area contributed by atoms with E-state index in [9.17, 15) is 9.59 Å². The van der Waals surface area contributed by atoms with Crippen LogP contribution in [-0.4, -0.2) is 16.9 Å². The molecule has 2 aromatic rings. The number of esters is 2. The van der Waals surface area contributed by atoms with Gasteiger partial charge in [-0.3, -0.25) is 0 Å². The molecule has 5 heteroatoms. The standard InChI is InChI=1S/C13H10N2O3/c14-11-7-6-10(8-15-11)13(17)18-12(16)9-4-2-1-3-5-9/h1-8H,(H2,14,15). The average molecular weight is 242 g/mol. The molecule has 0 aliphatic carbocycles. The Kier molecular flexibility index (Phi) is 3.33. The van der Waals surface area contributed by atoms with Gasteiger partial charge in [0, 0.05) is 6.20 Å². The van der Waals surface area contributed by atoms with E-state index in [2.05, 4.69) is 4.98 Å². The van der Waals surface area contributed by atoms with Crippen molar-refractivity contribution >= 4 is 17.8 Å². The van der Waals surface area contributed by atoms with Crippen LogP contribution in [0.2, 0.25) is 0 Å². The highest BCUT2D eigenvalue weighted by Crippen LogP contribution is 2.06. The lowest BCUT2D eigenvalue weighted by Gasteiger charge is -2.02. The Morgan fingerprint density at radius 2 is 1.61 bits per heavy atom. The van der Waals surface area contributed by atoms with E-state index in [1.807, 2.05) is 0 Å². The first-order valence-corrected chi connectivity index (χ1v) is 5.20. The monoisotopic (exact) mass is 242 g/mol. The fourth-order valence-electron chi connectivity index (χ4n) is 1.30. The van der Waals surface area contributed by atoms with Gasteiger partial charge < -0.3 is 10.5 Å². The summed E-state index contributed by atoms with van der Waals surface area (Å²) in [5.41, 5.74) is 5.88. The predicted octanol–water partition coefficient (Wildman–Crippen LogP) is 1.66. The molecule has 1 aromatic heterocycles. The molecule has 0 aliphatic heterocycles. The summed E-state index contributed by atoms with van der Waals surface area (Å²) >= 11 is 0. The highest BCUT2D eigenvalue weighted by Gasteiger charge is 2.14. The topological polar surface area (TPSA) is 82.3 Å². The minimum Gasteiger partial charge on any atom is -0.386 e. The molecule has 0 radical (unpaired) electrons. The Labute approximate surface area is 103 Å². The van der Waals surface area contributed by atoms with E-state index in [4.69, 9.17) is 10.5 Å². The molecule has 0 amide bonds. The normalized spacial score (nSPS) is 9.78. The van der Waals surface area contributed by atoms with Crippen LogP contribution in [0.25, 0.3) is 0 Å². The lowest BCUT2D eigenvalue weighted by atomic mass is 10.2. The van der Waals surface area contributed by atoms with Gasteiger partial charge in [-0.05, 0) is 24.3 Å². The van der Waals surface area contributed by atoms with Crippen molar-refractivity contribution in [3.05, 3.63) is 59.8 Å². The van der Waals surface area contributed by atoms with Gasteiger partial charge in [0.05, 0.1) is 11.1 Å². The molecule has 0 spiro atoms. The number of anilines is 1. The molecule has 1 heterocycles. The van der Waals surface area contributed by atoms with Crippen LogP contribution in [0.3, 0.4) is 0 Å². The molecule has 0 saturated heterocycles. The largest absolute Gasteiger partial charge is 0.386 e. The fraction of sp³-hybridized carbons (Fsp3) is 0. The lowest BCUT2D eigenvalue weighted by molar-refractivity contribution is 0.0397. The zero-order valence-electron chi connectivity index (χ0n) is 9.37. The molecule has 2 rings (SSSR count). The minimum atomic E-state index is -0.753. The average Bonchev–Trinajstić information content (AvgIpc) is 2.40. The van der Waals surface area contributed by atoms with Crippen molar-refractivity contribution < 1.29 is 14.3 Å². The number of ether oxygens (including phenoxy) is 1. The SMILES string of the molecule is Nc1ccc(C(=O)OC(=O)c2ccccc2)cn1. The number of nitrogens with zero attached hydrogens (tertiary/aromatic N) is 1. The third-order valence-electron chi connectivity index (χ3n) is 2.22. The number of benzene rings is 1. The van der Waals surface area contributed by atoms with Crippen molar-refractivity contribution in [1.29, 1.82) is 0 Å². The number of hydrogen-bond acceptors (Lipinski definition) is 5. The first kappa shape index (κ1) is 11.8. The predicted molar refractivity (Wildman–Crippen MR) is 64.8 cm³/mol. The van der Waals surface area contributed by atoms with Crippen molar-refractivity contribution in [2.45, 2.75) is 0 Å². The Morgan fingerprint density at radius 1 is 0.944 bits per heavy atom. The summed E-state index contributed by atoms with van der Waals surface area (Å²) in [6, 6.07) is 11.2. The van der Waals surface area contributed by atoms with Gasteiger partial charge in [-0.1, -0.05) is 18.2 Å². The fourth-order valence-corrected chi connectivity index (χ4v) is 1.30. The molecule has 0 unspecified atom stereocenters. The first-order valence-electron chi connectivity index (χ1n) is 5.20. The van der Waals surface area contributed by atoms with Crippen molar-refractivity contribution in [3.63, 3.8) is 0 Å². The number of pyridine rings is 1. The molecule has 18 heavy (non-hydrogen) atoms. The summed E-state index contributed by atoms with van der Waals surface area (Å²) < 4.78 is 4.70. The van der Waals surface area contributed by atoms with Gasteiger partial charge in [0.15, 0.2) is 0 Å². The highest BCUT2D eigenvalue weighted by atomic mass is 16.6. The summed E-state index contributed by atoms with van der Waals surface area (Å²) in [6.07, 6.45) is 1.26. The Hall–Kier alpha value is -2.69. The van der Waals surface area contributed by atoms with Gasteiger partial charge in [0.2, 0.25) is 0 Å². The van der Waals surface area contributed by atoms with Crippen LogP contribution in [0, 0.1) is 0 Å². The number of nitrogens with two attached hydrogens (primary N) is 1. The summed E-state index contributed by atoms with van der Waals surface area (Å²) in [7, 11) is 0. The Bertz CT molecular complexity index is 565. The highest BCUT2D eigenvalue weighted by molar-refractivity contribution is 6.02. The van der Waals surface area contributed by atoms with Gasteiger partial charge >= 0.3 is 11.9 Å². The van der Waals surface area contributed by atoms with Crippen LogP contribution in [-0.2, 0) is 4.74 Å². The van der Waals surface area contributed by atoms with Crippen molar-refractivity contribution in [2.24, 2.45) is 0 Å². The van der Waals surface area contributed by atoms with Crippen LogP contribution in [0.1, 0.15) is 20.7 Å². The van der Waals surface area contributed by atoms with Crippen molar-refractivity contribution in [3.8, 4) is 0 Å². The van der Waals surface area contributed by atoms with Crippen LogP contribution in [0.5, 0.6) is 0 Å². The van der Waals surface area contributed by atoms with E-state index in [-0.39, 0.29) is 5.56 Å². The second-order valence-electron chi connectivity index (χ2n) is 3.51. The molecular formula is C13H10N2O3. The van der Waals surface area contributed by atoms with Crippen molar-refractivity contribution in [1.82, 2.24) is 4.98 Å². The molecule has 5 nitrogen and oxygen atoms in total. The number of rotatable bonds is 2. The van der Waals surface area contributed by atoms with E-state index in [0.29, 0.717) is 11.4 Å². The minimum absolute atomic E-state index is 0.175. The van der Waals surface area contributed by atoms with Gasteiger partial charge in [-0.15, -0.1) is 0 Å². The molecule has 1 aromatic carbocycles. The molecular weight excluding hydrogens is 232 g/mol. The molecule has 0 fully saturated rings. The van der Waals surface area contributed by atoms with Crippen LogP contribution < -0.4 is 5.73 Å². The smallest absolute Gasteiger partial charge is 0.347 e. The van der Waals surface area contributed by atoms with Gasteiger partial charge in [-0.25, -0.2) is 14.6 Å². The van der Waals surface area contributed by atoms with E-state index in [1.165, 1.54) is 18.3 Å². The van der Waals surface area contributed by atoms with Crippen LogP contribution in [0.4, 0.5) is 5.82 Å². The number of carbonyl (C=O) groups excluding carboxylic acids is 2. The molecule has 0 saturated carbocycles. The van der Waals surface area contributed by atoms with Gasteiger partial charge in [-0.2, -0.15) is 0 Å². The second kappa shape index (κ2) is 5.09. The first-order chi connectivity index (χ1) is 8.66. The summed E-state index contributed by atoms with van der Waals surface area (Å²) in [5, 5.41) is 0. The number of hydrogen-bond donors (Lipinski definition) is 1. The van der Waals surface area contributed by atoms with Gasteiger partial charge in [0.25, 0.3) is 0 Å².